The maximum absolute atomic E-state index is 13.2. The van der Waals surface area contributed by atoms with E-state index in [-0.39, 0.29) is 11.9 Å². The third kappa shape index (κ3) is 5.31. The second-order valence-corrected chi connectivity index (χ2v) is 9.82. The van der Waals surface area contributed by atoms with E-state index in [2.05, 4.69) is 5.32 Å². The fourth-order valence-corrected chi connectivity index (χ4v) is 5.06. The molecule has 0 fully saturated rings. The number of nitrogens with one attached hydrogen (secondary N) is 1. The molecule has 31 heavy (non-hydrogen) atoms. The van der Waals surface area contributed by atoms with Crippen molar-refractivity contribution in [3.8, 4) is 11.5 Å². The van der Waals surface area contributed by atoms with Gasteiger partial charge in [0, 0.05) is 0 Å². The van der Waals surface area contributed by atoms with Gasteiger partial charge >= 0.3 is 0 Å². The summed E-state index contributed by atoms with van der Waals surface area (Å²) in [4.78, 5) is 13.2. The van der Waals surface area contributed by atoms with Crippen LogP contribution in [0.2, 0.25) is 0 Å². The van der Waals surface area contributed by atoms with Crippen LogP contribution < -0.4 is 19.1 Å². The molecule has 8 heteroatoms. The minimum absolute atomic E-state index is 0.333. The van der Waals surface area contributed by atoms with Crippen molar-refractivity contribution < 1.29 is 22.7 Å². The Morgan fingerprint density at radius 3 is 2.26 bits per heavy atom. The van der Waals surface area contributed by atoms with Crippen LogP contribution in [0.5, 0.6) is 11.5 Å². The van der Waals surface area contributed by atoms with Crippen LogP contribution in [0.25, 0.3) is 0 Å². The van der Waals surface area contributed by atoms with Gasteiger partial charge < -0.3 is 14.8 Å². The van der Waals surface area contributed by atoms with Crippen LogP contribution in [0.4, 0.5) is 5.69 Å². The second kappa shape index (κ2) is 9.18. The van der Waals surface area contributed by atoms with E-state index >= 15 is 0 Å². The SMILES string of the molecule is CC[C@@H](C(=O)N[C@@H](C)c1ccc2c(c1)OCCO2)N(c1cc(C)cc(C)c1)S(C)(=O)=O. The van der Waals surface area contributed by atoms with Gasteiger partial charge in [0.2, 0.25) is 15.9 Å². The van der Waals surface area contributed by atoms with Crippen molar-refractivity contribution in [1.82, 2.24) is 5.32 Å². The molecule has 0 aromatic heterocycles. The van der Waals surface area contributed by atoms with Crippen molar-refractivity contribution in [2.75, 3.05) is 23.8 Å². The zero-order valence-corrected chi connectivity index (χ0v) is 19.5. The first kappa shape index (κ1) is 22.9. The molecule has 0 saturated carbocycles. The zero-order chi connectivity index (χ0) is 22.8. The molecule has 1 aliphatic heterocycles. The summed E-state index contributed by atoms with van der Waals surface area (Å²) < 4.78 is 37.8. The molecule has 0 spiro atoms. The first-order valence-corrected chi connectivity index (χ1v) is 12.2. The molecule has 0 radical (unpaired) electrons. The first-order chi connectivity index (χ1) is 14.6. The highest BCUT2D eigenvalue weighted by Gasteiger charge is 2.32. The molecule has 2 aromatic rings. The minimum atomic E-state index is -3.68. The van der Waals surface area contributed by atoms with Crippen LogP contribution in [-0.4, -0.2) is 39.8 Å². The summed E-state index contributed by atoms with van der Waals surface area (Å²) in [7, 11) is -3.68. The van der Waals surface area contributed by atoms with E-state index in [1.54, 1.807) is 19.1 Å². The second-order valence-electron chi connectivity index (χ2n) is 7.96. The predicted octanol–water partition coefficient (Wildman–Crippen LogP) is 3.50. The Hall–Kier alpha value is -2.74. The predicted molar refractivity (Wildman–Crippen MR) is 121 cm³/mol. The average molecular weight is 447 g/mol. The van der Waals surface area contributed by atoms with Gasteiger partial charge in [-0.25, -0.2) is 8.42 Å². The molecular weight excluding hydrogens is 416 g/mol. The lowest BCUT2D eigenvalue weighted by atomic mass is 10.1. The number of ether oxygens (including phenoxy) is 2. The van der Waals surface area contributed by atoms with E-state index in [1.165, 1.54) is 4.31 Å². The number of sulfonamides is 1. The van der Waals surface area contributed by atoms with Crippen molar-refractivity contribution in [2.24, 2.45) is 0 Å². The Morgan fingerprint density at radius 1 is 1.06 bits per heavy atom. The molecule has 3 rings (SSSR count). The Morgan fingerprint density at radius 2 is 1.68 bits per heavy atom. The summed E-state index contributed by atoms with van der Waals surface area (Å²) in [5.74, 6) is 0.970. The number of anilines is 1. The number of carbonyl (C=O) groups is 1. The normalized spacial score (nSPS) is 15.1. The summed E-state index contributed by atoms with van der Waals surface area (Å²) >= 11 is 0. The van der Waals surface area contributed by atoms with E-state index in [9.17, 15) is 13.2 Å². The molecule has 2 atom stereocenters. The summed E-state index contributed by atoms with van der Waals surface area (Å²) in [6.45, 7) is 8.46. The Kier molecular flexibility index (Phi) is 6.79. The lowest BCUT2D eigenvalue weighted by molar-refractivity contribution is -0.122. The molecule has 1 N–H and O–H groups in total. The maximum Gasteiger partial charge on any atom is 0.244 e. The van der Waals surface area contributed by atoms with Crippen molar-refractivity contribution >= 4 is 21.6 Å². The molecule has 7 nitrogen and oxygen atoms in total. The number of amides is 1. The first-order valence-electron chi connectivity index (χ1n) is 10.4. The van der Waals surface area contributed by atoms with Crippen molar-refractivity contribution in [3.63, 3.8) is 0 Å². The minimum Gasteiger partial charge on any atom is -0.486 e. The molecular formula is C23H30N2O5S. The van der Waals surface area contributed by atoms with Crippen molar-refractivity contribution in [2.45, 2.75) is 46.2 Å². The highest BCUT2D eigenvalue weighted by atomic mass is 32.2. The van der Waals surface area contributed by atoms with Crippen LogP contribution in [0.1, 0.15) is 43.0 Å². The number of aryl methyl sites for hydroxylation is 2. The number of benzene rings is 2. The van der Waals surface area contributed by atoms with Crippen LogP contribution in [-0.2, 0) is 14.8 Å². The van der Waals surface area contributed by atoms with E-state index < -0.39 is 16.1 Å². The summed E-state index contributed by atoms with van der Waals surface area (Å²) in [5.41, 5.74) is 3.21. The Balaban J connectivity index is 1.86. The summed E-state index contributed by atoms with van der Waals surface area (Å²) in [6.07, 6.45) is 1.46. The molecule has 168 valence electrons. The fraction of sp³-hybridized carbons (Fsp3) is 0.435. The number of carbonyl (C=O) groups excluding carboxylic acids is 1. The molecule has 0 unspecified atom stereocenters. The Bertz CT molecular complexity index is 1050. The van der Waals surface area contributed by atoms with Gasteiger partial charge in [-0.2, -0.15) is 0 Å². The van der Waals surface area contributed by atoms with Crippen LogP contribution in [0, 0.1) is 13.8 Å². The van der Waals surface area contributed by atoms with Crippen LogP contribution in [0.15, 0.2) is 36.4 Å². The number of rotatable bonds is 7. The monoisotopic (exact) mass is 446 g/mol. The zero-order valence-electron chi connectivity index (χ0n) is 18.6. The molecule has 0 saturated heterocycles. The van der Waals surface area contributed by atoms with Gasteiger partial charge in [-0.05, 0) is 68.1 Å². The summed E-state index contributed by atoms with van der Waals surface area (Å²) in [6, 6.07) is 9.88. The standard InChI is InChI=1S/C23H30N2O5S/c1-6-20(25(31(5,27)28)19-12-15(2)11-16(3)13-19)23(26)24-17(4)18-7-8-21-22(14-18)30-10-9-29-21/h7-8,11-14,17,20H,6,9-10H2,1-5H3,(H,24,26)/t17-,20-/m0/s1. The van der Waals surface area contributed by atoms with Crippen LogP contribution in [0.3, 0.4) is 0 Å². The number of nitrogens with zero attached hydrogens (tertiary/aromatic N) is 1. The van der Waals surface area contributed by atoms with Gasteiger partial charge in [0.05, 0.1) is 18.0 Å². The molecule has 1 amide bonds. The topological polar surface area (TPSA) is 84.9 Å². The molecule has 1 aliphatic rings. The van der Waals surface area contributed by atoms with Crippen molar-refractivity contribution in [1.29, 1.82) is 0 Å². The van der Waals surface area contributed by atoms with Gasteiger partial charge in [-0.15, -0.1) is 0 Å². The van der Waals surface area contributed by atoms with E-state index in [0.29, 0.717) is 36.8 Å². The molecule has 0 bridgehead atoms. The molecule has 2 aromatic carbocycles. The van der Waals surface area contributed by atoms with Gasteiger partial charge in [0.25, 0.3) is 0 Å². The molecule has 1 heterocycles. The maximum atomic E-state index is 13.2. The highest BCUT2D eigenvalue weighted by molar-refractivity contribution is 7.92. The van der Waals surface area contributed by atoms with E-state index in [1.807, 2.05) is 45.0 Å². The average Bonchev–Trinajstić information content (AvgIpc) is 2.69. The number of fused-ring (bicyclic) bond motifs is 1. The smallest absolute Gasteiger partial charge is 0.244 e. The van der Waals surface area contributed by atoms with E-state index in [4.69, 9.17) is 9.47 Å². The highest BCUT2D eigenvalue weighted by Crippen LogP contribution is 2.33. The summed E-state index contributed by atoms with van der Waals surface area (Å²) in [5, 5.41) is 2.96. The van der Waals surface area contributed by atoms with Crippen molar-refractivity contribution in [3.05, 3.63) is 53.1 Å². The Labute approximate surface area is 184 Å². The third-order valence-electron chi connectivity index (χ3n) is 5.22. The fourth-order valence-electron chi connectivity index (χ4n) is 3.86. The number of hydrogen-bond donors (Lipinski definition) is 1. The van der Waals surface area contributed by atoms with Crippen LogP contribution >= 0.6 is 0 Å². The van der Waals surface area contributed by atoms with Gasteiger partial charge in [-0.1, -0.05) is 19.1 Å². The third-order valence-corrected chi connectivity index (χ3v) is 6.40. The van der Waals surface area contributed by atoms with Gasteiger partial charge in [-0.3, -0.25) is 9.10 Å². The lowest BCUT2D eigenvalue weighted by Crippen LogP contribution is -2.49. The van der Waals surface area contributed by atoms with Gasteiger partial charge in [0.1, 0.15) is 19.3 Å². The molecule has 0 aliphatic carbocycles. The largest absolute Gasteiger partial charge is 0.486 e. The van der Waals surface area contributed by atoms with Gasteiger partial charge in [0.15, 0.2) is 11.5 Å². The van der Waals surface area contributed by atoms with E-state index in [0.717, 1.165) is 22.9 Å². The lowest BCUT2D eigenvalue weighted by Gasteiger charge is -2.31. The quantitative estimate of drug-likeness (QED) is 0.704. The number of hydrogen-bond acceptors (Lipinski definition) is 5.